The SMILES string of the molecule is CC(=O)Oc1ccc(F)c(C(F)F)c1. The summed E-state index contributed by atoms with van der Waals surface area (Å²) in [5.41, 5.74) is -0.774. The molecule has 14 heavy (non-hydrogen) atoms. The minimum Gasteiger partial charge on any atom is -0.427 e. The van der Waals surface area contributed by atoms with Gasteiger partial charge in [0.15, 0.2) is 0 Å². The first-order valence-electron chi connectivity index (χ1n) is 3.76. The van der Waals surface area contributed by atoms with Gasteiger partial charge < -0.3 is 4.74 Å². The lowest BCUT2D eigenvalue weighted by molar-refractivity contribution is -0.131. The number of rotatable bonds is 2. The van der Waals surface area contributed by atoms with Crippen molar-refractivity contribution in [1.82, 2.24) is 0 Å². The predicted octanol–water partition coefficient (Wildman–Crippen LogP) is 2.69. The summed E-state index contributed by atoms with van der Waals surface area (Å²) < 4.78 is 41.6. The molecule has 5 heteroatoms. The number of carbonyl (C=O) groups excluding carboxylic acids is 1. The number of hydrogen-bond donors (Lipinski definition) is 0. The van der Waals surface area contributed by atoms with Crippen molar-refractivity contribution < 1.29 is 22.7 Å². The Hall–Kier alpha value is -1.52. The Bertz CT molecular complexity index is 350. The zero-order valence-corrected chi connectivity index (χ0v) is 7.26. The van der Waals surface area contributed by atoms with Crippen LogP contribution in [-0.2, 0) is 4.79 Å². The molecule has 0 bridgehead atoms. The molecule has 1 rings (SSSR count). The third-order valence-electron chi connectivity index (χ3n) is 1.46. The molecule has 76 valence electrons. The summed E-state index contributed by atoms with van der Waals surface area (Å²) >= 11 is 0. The third kappa shape index (κ3) is 2.48. The van der Waals surface area contributed by atoms with Crippen LogP contribution in [0.15, 0.2) is 18.2 Å². The molecule has 0 amide bonds. The first kappa shape index (κ1) is 10.6. The fourth-order valence-corrected chi connectivity index (χ4v) is 0.919. The van der Waals surface area contributed by atoms with E-state index in [9.17, 15) is 18.0 Å². The Labute approximate surface area is 78.3 Å². The number of ether oxygens (including phenoxy) is 1. The number of benzene rings is 1. The Kier molecular flexibility index (Phi) is 3.11. The first-order valence-corrected chi connectivity index (χ1v) is 3.76. The van der Waals surface area contributed by atoms with Crippen molar-refractivity contribution in [2.75, 3.05) is 0 Å². The average Bonchev–Trinajstić information content (AvgIpc) is 2.07. The van der Waals surface area contributed by atoms with E-state index in [1.807, 2.05) is 0 Å². The van der Waals surface area contributed by atoms with Crippen LogP contribution < -0.4 is 4.74 Å². The normalized spacial score (nSPS) is 10.4. The van der Waals surface area contributed by atoms with Gasteiger partial charge in [0.25, 0.3) is 6.43 Å². The molecule has 1 aromatic rings. The molecular formula is C9H7F3O2. The van der Waals surface area contributed by atoms with Crippen LogP contribution in [0.4, 0.5) is 13.2 Å². The Balaban J connectivity index is 3.00. The van der Waals surface area contributed by atoms with Gasteiger partial charge in [0.1, 0.15) is 11.6 Å². The average molecular weight is 204 g/mol. The fourth-order valence-electron chi connectivity index (χ4n) is 0.919. The van der Waals surface area contributed by atoms with E-state index in [1.54, 1.807) is 0 Å². The summed E-state index contributed by atoms with van der Waals surface area (Å²) in [7, 11) is 0. The van der Waals surface area contributed by atoms with Crippen molar-refractivity contribution in [1.29, 1.82) is 0 Å². The summed E-state index contributed by atoms with van der Waals surface area (Å²) in [6.45, 7) is 1.13. The molecule has 0 atom stereocenters. The van der Waals surface area contributed by atoms with E-state index >= 15 is 0 Å². The second-order valence-electron chi connectivity index (χ2n) is 2.58. The maximum atomic E-state index is 12.7. The Morgan fingerprint density at radius 1 is 1.43 bits per heavy atom. The molecule has 2 nitrogen and oxygen atoms in total. The van der Waals surface area contributed by atoms with Gasteiger partial charge in [-0.05, 0) is 18.2 Å². The van der Waals surface area contributed by atoms with Crippen LogP contribution in [0.5, 0.6) is 5.75 Å². The van der Waals surface area contributed by atoms with Gasteiger partial charge in [-0.25, -0.2) is 13.2 Å². The van der Waals surface area contributed by atoms with Crippen LogP contribution >= 0.6 is 0 Å². The Morgan fingerprint density at radius 2 is 2.07 bits per heavy atom. The zero-order chi connectivity index (χ0) is 10.7. The number of esters is 1. The lowest BCUT2D eigenvalue weighted by Crippen LogP contribution is -2.02. The molecule has 0 spiro atoms. The van der Waals surface area contributed by atoms with Crippen molar-refractivity contribution in [3.8, 4) is 5.75 Å². The topological polar surface area (TPSA) is 26.3 Å². The molecule has 0 saturated carbocycles. The van der Waals surface area contributed by atoms with Crippen molar-refractivity contribution in [3.63, 3.8) is 0 Å². The highest BCUT2D eigenvalue weighted by molar-refractivity contribution is 5.69. The smallest absolute Gasteiger partial charge is 0.308 e. The first-order chi connectivity index (χ1) is 6.50. The summed E-state index contributed by atoms with van der Waals surface area (Å²) in [6.07, 6.45) is -2.93. The number of hydrogen-bond acceptors (Lipinski definition) is 2. The van der Waals surface area contributed by atoms with Crippen LogP contribution in [-0.4, -0.2) is 5.97 Å². The van der Waals surface area contributed by atoms with Gasteiger partial charge in [-0.2, -0.15) is 0 Å². The highest BCUT2D eigenvalue weighted by atomic mass is 19.3. The van der Waals surface area contributed by atoms with E-state index in [4.69, 9.17) is 0 Å². The molecular weight excluding hydrogens is 197 g/mol. The molecule has 0 radical (unpaired) electrons. The van der Waals surface area contributed by atoms with Gasteiger partial charge in [0, 0.05) is 6.92 Å². The molecule has 0 fully saturated rings. The van der Waals surface area contributed by atoms with Crippen LogP contribution in [0.1, 0.15) is 18.9 Å². The minimum absolute atomic E-state index is 0.0887. The lowest BCUT2D eigenvalue weighted by atomic mass is 10.2. The third-order valence-corrected chi connectivity index (χ3v) is 1.46. The molecule has 0 aromatic heterocycles. The van der Waals surface area contributed by atoms with Gasteiger partial charge >= 0.3 is 5.97 Å². The summed E-state index contributed by atoms with van der Waals surface area (Å²) in [5.74, 6) is -1.75. The highest BCUT2D eigenvalue weighted by Gasteiger charge is 2.14. The van der Waals surface area contributed by atoms with Crippen molar-refractivity contribution in [2.24, 2.45) is 0 Å². The van der Waals surface area contributed by atoms with Crippen LogP contribution in [0.2, 0.25) is 0 Å². The minimum atomic E-state index is -2.93. The number of halogens is 3. The molecule has 0 aliphatic carbocycles. The van der Waals surface area contributed by atoms with Crippen LogP contribution in [0.25, 0.3) is 0 Å². The zero-order valence-electron chi connectivity index (χ0n) is 7.26. The van der Waals surface area contributed by atoms with Crippen LogP contribution in [0, 0.1) is 5.82 Å². The monoisotopic (exact) mass is 204 g/mol. The summed E-state index contributed by atoms with van der Waals surface area (Å²) in [5, 5.41) is 0. The van der Waals surface area contributed by atoms with Gasteiger partial charge in [0.2, 0.25) is 0 Å². The van der Waals surface area contributed by atoms with Gasteiger partial charge in [0.05, 0.1) is 5.56 Å². The van der Waals surface area contributed by atoms with Gasteiger partial charge in [-0.1, -0.05) is 0 Å². The number of carbonyl (C=O) groups is 1. The van der Waals surface area contributed by atoms with E-state index in [1.165, 1.54) is 0 Å². The Morgan fingerprint density at radius 3 is 2.57 bits per heavy atom. The second-order valence-corrected chi connectivity index (χ2v) is 2.58. The molecule has 0 aliphatic rings. The lowest BCUT2D eigenvalue weighted by Gasteiger charge is -2.05. The predicted molar refractivity (Wildman–Crippen MR) is 42.7 cm³/mol. The second kappa shape index (κ2) is 4.13. The van der Waals surface area contributed by atoms with E-state index < -0.39 is 23.8 Å². The maximum absolute atomic E-state index is 12.7. The molecule has 0 saturated heterocycles. The van der Waals surface area contributed by atoms with E-state index in [-0.39, 0.29) is 5.75 Å². The quantitative estimate of drug-likeness (QED) is 0.546. The van der Waals surface area contributed by atoms with Gasteiger partial charge in [-0.3, -0.25) is 4.79 Å². The standard InChI is InChI=1S/C9H7F3O2/c1-5(13)14-6-2-3-8(10)7(4-6)9(11)12/h2-4,9H,1H3. The molecule has 1 aromatic carbocycles. The van der Waals surface area contributed by atoms with Crippen LogP contribution in [0.3, 0.4) is 0 Å². The van der Waals surface area contributed by atoms with Gasteiger partial charge in [-0.15, -0.1) is 0 Å². The molecule has 0 unspecified atom stereocenters. The molecule has 0 N–H and O–H groups in total. The maximum Gasteiger partial charge on any atom is 0.308 e. The van der Waals surface area contributed by atoms with E-state index in [0.717, 1.165) is 25.1 Å². The largest absolute Gasteiger partial charge is 0.427 e. The molecule has 0 heterocycles. The van der Waals surface area contributed by atoms with Crippen molar-refractivity contribution >= 4 is 5.97 Å². The molecule has 0 aliphatic heterocycles. The van der Waals surface area contributed by atoms with E-state index in [0.29, 0.717) is 0 Å². The summed E-state index contributed by atoms with van der Waals surface area (Å²) in [4.78, 5) is 10.5. The van der Waals surface area contributed by atoms with E-state index in [2.05, 4.69) is 4.74 Å². The summed E-state index contributed by atoms with van der Waals surface area (Å²) in [6, 6.07) is 2.75. The van der Waals surface area contributed by atoms with Crippen molar-refractivity contribution in [3.05, 3.63) is 29.6 Å². The van der Waals surface area contributed by atoms with Crippen molar-refractivity contribution in [2.45, 2.75) is 13.3 Å². The highest BCUT2D eigenvalue weighted by Crippen LogP contribution is 2.26. The fraction of sp³-hybridized carbons (Fsp3) is 0.222. The number of alkyl halides is 2.